The molecular weight excluding hydrogens is 356 g/mol. The zero-order valence-electron chi connectivity index (χ0n) is 14.7. The van der Waals surface area contributed by atoms with Gasteiger partial charge in [0.25, 0.3) is 11.5 Å². The lowest BCUT2D eigenvalue weighted by Gasteiger charge is -2.19. The third kappa shape index (κ3) is 3.21. The first-order valence-corrected chi connectivity index (χ1v) is 8.64. The van der Waals surface area contributed by atoms with Crippen molar-refractivity contribution in [1.29, 1.82) is 0 Å². The molecule has 0 saturated heterocycles. The second-order valence-corrected chi connectivity index (χ2v) is 6.20. The van der Waals surface area contributed by atoms with E-state index in [1.54, 1.807) is 72.9 Å². The number of hydrogen-bond acceptors (Lipinski definition) is 4. The standard InChI is InChI=1S/C21H16N4O3/c26-19(23-15-9-6-12-22-13-15)18(14-7-2-1-3-8-14)25-20(27)16-10-4-5-11-17(16)24-21(25)28/h1-13,18H,(H,23,26)(H,24,28). The van der Waals surface area contributed by atoms with E-state index in [0.717, 1.165) is 4.57 Å². The maximum absolute atomic E-state index is 13.1. The molecule has 4 aromatic rings. The summed E-state index contributed by atoms with van der Waals surface area (Å²) in [5.74, 6) is -0.512. The average molecular weight is 372 g/mol. The van der Waals surface area contributed by atoms with Crippen LogP contribution in [0.25, 0.3) is 10.9 Å². The van der Waals surface area contributed by atoms with Gasteiger partial charge in [0.05, 0.1) is 22.8 Å². The minimum absolute atomic E-state index is 0.331. The van der Waals surface area contributed by atoms with Crippen molar-refractivity contribution < 1.29 is 4.79 Å². The highest BCUT2D eigenvalue weighted by Crippen LogP contribution is 2.19. The van der Waals surface area contributed by atoms with Crippen LogP contribution in [0.2, 0.25) is 0 Å². The summed E-state index contributed by atoms with van der Waals surface area (Å²) in [6, 6.07) is 17.6. The molecule has 0 bridgehead atoms. The lowest BCUT2D eigenvalue weighted by atomic mass is 10.1. The Bertz CT molecular complexity index is 1250. The Morgan fingerprint density at radius 1 is 0.964 bits per heavy atom. The van der Waals surface area contributed by atoms with Crippen molar-refractivity contribution in [2.45, 2.75) is 6.04 Å². The van der Waals surface area contributed by atoms with E-state index in [4.69, 9.17) is 0 Å². The molecule has 0 aliphatic carbocycles. The molecule has 1 unspecified atom stereocenters. The number of hydrogen-bond donors (Lipinski definition) is 2. The molecule has 0 aliphatic heterocycles. The minimum Gasteiger partial charge on any atom is -0.323 e. The van der Waals surface area contributed by atoms with Crippen LogP contribution in [0.5, 0.6) is 0 Å². The van der Waals surface area contributed by atoms with Gasteiger partial charge in [-0.2, -0.15) is 0 Å². The Morgan fingerprint density at radius 3 is 2.46 bits per heavy atom. The number of rotatable bonds is 4. The summed E-state index contributed by atoms with van der Waals surface area (Å²) in [6.45, 7) is 0. The van der Waals surface area contributed by atoms with Crippen molar-refractivity contribution >= 4 is 22.5 Å². The topological polar surface area (TPSA) is 96.8 Å². The van der Waals surface area contributed by atoms with Gasteiger partial charge in [-0.15, -0.1) is 0 Å². The number of aromatic nitrogens is 3. The van der Waals surface area contributed by atoms with Crippen LogP contribution in [0.4, 0.5) is 5.69 Å². The number of para-hydroxylation sites is 1. The van der Waals surface area contributed by atoms with Crippen LogP contribution in [0, 0.1) is 0 Å². The monoisotopic (exact) mass is 372 g/mol. The fourth-order valence-electron chi connectivity index (χ4n) is 3.11. The van der Waals surface area contributed by atoms with Gasteiger partial charge in [0.2, 0.25) is 0 Å². The number of anilines is 1. The Labute approximate surface area is 159 Å². The molecule has 1 amide bonds. The molecule has 0 fully saturated rings. The molecule has 0 spiro atoms. The fraction of sp³-hybridized carbons (Fsp3) is 0.0476. The summed E-state index contributed by atoms with van der Waals surface area (Å²) in [5, 5.41) is 3.06. The van der Waals surface area contributed by atoms with Crippen molar-refractivity contribution in [3.8, 4) is 0 Å². The van der Waals surface area contributed by atoms with Crippen molar-refractivity contribution in [3.63, 3.8) is 0 Å². The van der Waals surface area contributed by atoms with Crippen LogP contribution in [-0.2, 0) is 4.79 Å². The largest absolute Gasteiger partial charge is 0.329 e. The highest BCUT2D eigenvalue weighted by molar-refractivity contribution is 5.95. The first-order chi connectivity index (χ1) is 13.6. The molecule has 0 saturated carbocycles. The second kappa shape index (κ2) is 7.32. The normalized spacial score (nSPS) is 11.9. The van der Waals surface area contributed by atoms with Gasteiger partial charge in [-0.1, -0.05) is 42.5 Å². The Hall–Kier alpha value is -4.00. The number of fused-ring (bicyclic) bond motifs is 1. The molecule has 2 N–H and O–H groups in total. The fourth-order valence-corrected chi connectivity index (χ4v) is 3.11. The van der Waals surface area contributed by atoms with Crippen molar-refractivity contribution in [3.05, 3.63) is 106 Å². The molecule has 1 atom stereocenters. The van der Waals surface area contributed by atoms with E-state index in [-0.39, 0.29) is 0 Å². The van der Waals surface area contributed by atoms with E-state index in [9.17, 15) is 14.4 Å². The maximum atomic E-state index is 13.1. The first kappa shape index (κ1) is 17.4. The molecule has 0 aliphatic rings. The molecule has 2 heterocycles. The van der Waals surface area contributed by atoms with Crippen LogP contribution in [-0.4, -0.2) is 20.4 Å². The summed E-state index contributed by atoms with van der Waals surface area (Å²) >= 11 is 0. The van der Waals surface area contributed by atoms with Gasteiger partial charge in [0.15, 0.2) is 0 Å². The zero-order chi connectivity index (χ0) is 19.5. The predicted octanol–water partition coefficient (Wildman–Crippen LogP) is 2.31. The molecule has 4 rings (SSSR count). The Morgan fingerprint density at radius 2 is 1.71 bits per heavy atom. The molecule has 7 heteroatoms. The number of pyridine rings is 1. The van der Waals surface area contributed by atoms with Crippen LogP contribution in [0.15, 0.2) is 88.7 Å². The first-order valence-electron chi connectivity index (χ1n) is 8.64. The van der Waals surface area contributed by atoms with Crippen molar-refractivity contribution in [2.24, 2.45) is 0 Å². The third-order valence-electron chi connectivity index (χ3n) is 4.39. The van der Waals surface area contributed by atoms with Crippen molar-refractivity contribution in [2.75, 3.05) is 5.32 Å². The van der Waals surface area contributed by atoms with Gasteiger partial charge >= 0.3 is 5.69 Å². The van der Waals surface area contributed by atoms with Gasteiger partial charge < -0.3 is 10.3 Å². The van der Waals surface area contributed by atoms with E-state index < -0.39 is 23.2 Å². The molecule has 28 heavy (non-hydrogen) atoms. The van der Waals surface area contributed by atoms with Gasteiger partial charge in [0, 0.05) is 6.20 Å². The third-order valence-corrected chi connectivity index (χ3v) is 4.39. The van der Waals surface area contributed by atoms with Crippen LogP contribution < -0.4 is 16.6 Å². The summed E-state index contributed by atoms with van der Waals surface area (Å²) in [6.07, 6.45) is 3.08. The van der Waals surface area contributed by atoms with Crippen LogP contribution in [0.1, 0.15) is 11.6 Å². The summed E-state index contributed by atoms with van der Waals surface area (Å²) in [5.41, 5.74) is 0.229. The summed E-state index contributed by atoms with van der Waals surface area (Å²) < 4.78 is 0.948. The summed E-state index contributed by atoms with van der Waals surface area (Å²) in [7, 11) is 0. The van der Waals surface area contributed by atoms with Gasteiger partial charge in [-0.05, 0) is 29.8 Å². The van der Waals surface area contributed by atoms with E-state index in [0.29, 0.717) is 22.2 Å². The Balaban J connectivity index is 1.90. The maximum Gasteiger partial charge on any atom is 0.329 e. The number of amides is 1. The second-order valence-electron chi connectivity index (χ2n) is 6.20. The van der Waals surface area contributed by atoms with Crippen LogP contribution >= 0.6 is 0 Å². The van der Waals surface area contributed by atoms with Crippen molar-refractivity contribution in [1.82, 2.24) is 14.5 Å². The molecule has 2 aromatic carbocycles. The molecular formula is C21H16N4O3. The predicted molar refractivity (Wildman–Crippen MR) is 106 cm³/mol. The number of carbonyl (C=O) groups is 1. The Kier molecular flexibility index (Phi) is 4.55. The highest BCUT2D eigenvalue weighted by atomic mass is 16.2. The molecule has 7 nitrogen and oxygen atoms in total. The van der Waals surface area contributed by atoms with E-state index >= 15 is 0 Å². The SMILES string of the molecule is O=C(Nc1cccnc1)C(c1ccccc1)n1c(=O)[nH]c2ccccc2c1=O. The molecule has 2 aromatic heterocycles. The number of nitrogens with one attached hydrogen (secondary N) is 2. The van der Waals surface area contributed by atoms with Gasteiger partial charge in [-0.3, -0.25) is 14.6 Å². The minimum atomic E-state index is -1.14. The zero-order valence-corrected chi connectivity index (χ0v) is 14.7. The molecule has 138 valence electrons. The number of aromatic amines is 1. The quantitative estimate of drug-likeness (QED) is 0.574. The van der Waals surface area contributed by atoms with Gasteiger partial charge in [0.1, 0.15) is 6.04 Å². The lowest BCUT2D eigenvalue weighted by Crippen LogP contribution is -2.43. The van der Waals surface area contributed by atoms with Crippen LogP contribution in [0.3, 0.4) is 0 Å². The number of carbonyl (C=O) groups excluding carboxylic acids is 1. The average Bonchev–Trinajstić information content (AvgIpc) is 2.72. The molecule has 0 radical (unpaired) electrons. The smallest absolute Gasteiger partial charge is 0.323 e. The van der Waals surface area contributed by atoms with E-state index in [1.807, 2.05) is 0 Å². The van der Waals surface area contributed by atoms with E-state index in [1.165, 1.54) is 6.20 Å². The van der Waals surface area contributed by atoms with E-state index in [2.05, 4.69) is 15.3 Å². The lowest BCUT2D eigenvalue weighted by molar-refractivity contribution is -0.118. The number of nitrogens with zero attached hydrogens (tertiary/aromatic N) is 2. The summed E-state index contributed by atoms with van der Waals surface area (Å²) in [4.78, 5) is 45.6. The number of H-pyrrole nitrogens is 1. The number of benzene rings is 2. The highest BCUT2D eigenvalue weighted by Gasteiger charge is 2.26. The van der Waals surface area contributed by atoms with Gasteiger partial charge in [-0.25, -0.2) is 9.36 Å².